The first-order valence-corrected chi connectivity index (χ1v) is 5.67. The topological polar surface area (TPSA) is 99.4 Å². The Morgan fingerprint density at radius 2 is 2.35 bits per heavy atom. The quantitative estimate of drug-likeness (QED) is 0.656. The summed E-state index contributed by atoms with van der Waals surface area (Å²) in [6.07, 6.45) is 1.95. The second-order valence-electron chi connectivity index (χ2n) is 3.95. The van der Waals surface area contributed by atoms with Crippen molar-refractivity contribution in [3.63, 3.8) is 0 Å². The maximum atomic E-state index is 11.6. The monoisotopic (exact) mass is 240 g/mol. The van der Waals surface area contributed by atoms with E-state index >= 15 is 0 Å². The maximum Gasteiger partial charge on any atom is 0.326 e. The number of carboxylic acid groups (broad SMARTS) is 1. The molecule has 0 spiro atoms. The summed E-state index contributed by atoms with van der Waals surface area (Å²) in [5.41, 5.74) is 0. The summed E-state index contributed by atoms with van der Waals surface area (Å²) in [5.74, 6) is -1.44. The molecule has 17 heavy (non-hydrogen) atoms. The molecular formula is C11H16N2O4. The van der Waals surface area contributed by atoms with Crippen molar-refractivity contribution in [1.29, 1.82) is 5.26 Å². The lowest BCUT2D eigenvalue weighted by molar-refractivity contribution is -0.143. The third-order valence-corrected chi connectivity index (χ3v) is 2.62. The van der Waals surface area contributed by atoms with E-state index in [2.05, 4.69) is 5.32 Å². The number of aliphatic carboxylic acids is 1. The van der Waals surface area contributed by atoms with E-state index in [1.54, 1.807) is 0 Å². The summed E-state index contributed by atoms with van der Waals surface area (Å²) in [6, 6.07) is 1.01. The van der Waals surface area contributed by atoms with Crippen molar-refractivity contribution in [3.8, 4) is 6.07 Å². The molecule has 2 N–H and O–H groups in total. The molecule has 6 nitrogen and oxygen atoms in total. The fourth-order valence-electron chi connectivity index (χ4n) is 1.69. The second kappa shape index (κ2) is 6.86. The second-order valence-corrected chi connectivity index (χ2v) is 3.95. The Kier molecular flexibility index (Phi) is 5.43. The van der Waals surface area contributed by atoms with Gasteiger partial charge in [0.25, 0.3) is 0 Å². The van der Waals surface area contributed by atoms with Crippen molar-refractivity contribution < 1.29 is 19.4 Å². The zero-order valence-corrected chi connectivity index (χ0v) is 9.52. The van der Waals surface area contributed by atoms with E-state index in [1.165, 1.54) is 0 Å². The number of hydrogen-bond acceptors (Lipinski definition) is 4. The minimum atomic E-state index is -1.07. The molecule has 0 unspecified atom stereocenters. The zero-order chi connectivity index (χ0) is 12.7. The highest BCUT2D eigenvalue weighted by Gasteiger charge is 2.27. The molecule has 6 heteroatoms. The van der Waals surface area contributed by atoms with Gasteiger partial charge in [0, 0.05) is 13.0 Å². The van der Waals surface area contributed by atoms with Gasteiger partial charge in [-0.1, -0.05) is 0 Å². The molecule has 1 fully saturated rings. The number of hydrogen-bond donors (Lipinski definition) is 2. The minimum absolute atomic E-state index is 0.265. The fraction of sp³-hybridized carbons (Fsp3) is 0.727. The van der Waals surface area contributed by atoms with Crippen molar-refractivity contribution in [2.24, 2.45) is 0 Å². The van der Waals surface area contributed by atoms with E-state index in [0.717, 1.165) is 6.42 Å². The molecular weight excluding hydrogens is 224 g/mol. The number of ether oxygens (including phenoxy) is 1. The molecule has 0 radical (unpaired) electrons. The van der Waals surface area contributed by atoms with Gasteiger partial charge in [-0.3, -0.25) is 4.79 Å². The molecule has 0 bridgehead atoms. The van der Waals surface area contributed by atoms with Gasteiger partial charge >= 0.3 is 5.97 Å². The van der Waals surface area contributed by atoms with Crippen LogP contribution in [0.2, 0.25) is 0 Å². The molecule has 2 atom stereocenters. The van der Waals surface area contributed by atoms with Crippen LogP contribution in [0.4, 0.5) is 0 Å². The highest BCUT2D eigenvalue weighted by Crippen LogP contribution is 2.12. The first-order valence-electron chi connectivity index (χ1n) is 5.67. The van der Waals surface area contributed by atoms with Gasteiger partial charge in [-0.05, 0) is 25.7 Å². The third-order valence-electron chi connectivity index (χ3n) is 2.62. The SMILES string of the molecule is N#CCCC[C@@H](NC(=O)[C@H]1CCCO1)C(=O)O. The number of carbonyl (C=O) groups is 2. The molecule has 0 aromatic heterocycles. The standard InChI is InChI=1S/C11H16N2O4/c12-6-2-1-4-8(11(15)16)13-10(14)9-5-3-7-17-9/h8-9H,1-5,7H2,(H,13,14)(H,15,16)/t8-,9-/m1/s1. The lowest BCUT2D eigenvalue weighted by Gasteiger charge is -2.16. The summed E-state index contributed by atoms with van der Waals surface area (Å²) in [6.45, 7) is 0.546. The van der Waals surface area contributed by atoms with E-state index in [0.29, 0.717) is 25.9 Å². The lowest BCUT2D eigenvalue weighted by Crippen LogP contribution is -2.45. The van der Waals surface area contributed by atoms with Crippen LogP contribution in [-0.2, 0) is 14.3 Å². The number of nitrogens with one attached hydrogen (secondary N) is 1. The van der Waals surface area contributed by atoms with E-state index in [9.17, 15) is 9.59 Å². The number of unbranched alkanes of at least 4 members (excludes halogenated alkanes) is 1. The number of carbonyl (C=O) groups excluding carboxylic acids is 1. The number of nitriles is 1. The van der Waals surface area contributed by atoms with Crippen LogP contribution in [0.5, 0.6) is 0 Å². The Balaban J connectivity index is 2.40. The highest BCUT2D eigenvalue weighted by molar-refractivity contribution is 5.86. The zero-order valence-electron chi connectivity index (χ0n) is 9.52. The van der Waals surface area contributed by atoms with Crippen LogP contribution in [0.3, 0.4) is 0 Å². The largest absolute Gasteiger partial charge is 0.480 e. The van der Waals surface area contributed by atoms with Gasteiger partial charge in [0.2, 0.25) is 5.91 Å². The van der Waals surface area contributed by atoms with Crippen LogP contribution in [0, 0.1) is 11.3 Å². The smallest absolute Gasteiger partial charge is 0.326 e. The Bertz CT molecular complexity index is 318. The number of nitrogens with zero attached hydrogens (tertiary/aromatic N) is 1. The van der Waals surface area contributed by atoms with E-state index < -0.39 is 18.1 Å². The van der Waals surface area contributed by atoms with Gasteiger partial charge in [0.1, 0.15) is 12.1 Å². The molecule has 0 aliphatic carbocycles. The first kappa shape index (κ1) is 13.5. The van der Waals surface area contributed by atoms with Crippen LogP contribution in [0.1, 0.15) is 32.1 Å². The summed E-state index contributed by atoms with van der Waals surface area (Å²) < 4.78 is 5.16. The van der Waals surface area contributed by atoms with Crippen LogP contribution < -0.4 is 5.32 Å². The average Bonchev–Trinajstić information content (AvgIpc) is 2.81. The molecule has 1 rings (SSSR count). The predicted molar refractivity (Wildman–Crippen MR) is 58.0 cm³/mol. The fourth-order valence-corrected chi connectivity index (χ4v) is 1.69. The first-order chi connectivity index (χ1) is 8.15. The summed E-state index contributed by atoms with van der Waals surface area (Å²) in [7, 11) is 0. The van der Waals surface area contributed by atoms with Crippen molar-refractivity contribution >= 4 is 11.9 Å². The molecule has 1 heterocycles. The van der Waals surface area contributed by atoms with Gasteiger partial charge in [0.05, 0.1) is 6.07 Å². The van der Waals surface area contributed by atoms with Crippen LogP contribution in [0.25, 0.3) is 0 Å². The Morgan fingerprint density at radius 1 is 1.59 bits per heavy atom. The van der Waals surface area contributed by atoms with Gasteiger partial charge in [-0.2, -0.15) is 5.26 Å². The minimum Gasteiger partial charge on any atom is -0.480 e. The van der Waals surface area contributed by atoms with Gasteiger partial charge in [-0.15, -0.1) is 0 Å². The number of rotatable bonds is 6. The van der Waals surface area contributed by atoms with E-state index in [1.807, 2.05) is 6.07 Å². The lowest BCUT2D eigenvalue weighted by atomic mass is 10.1. The predicted octanol–water partition coefficient (Wildman–Crippen LogP) is 0.429. The Labute approximate surface area is 99.6 Å². The van der Waals surface area contributed by atoms with Crippen LogP contribution in [-0.4, -0.2) is 35.7 Å². The highest BCUT2D eigenvalue weighted by atomic mass is 16.5. The van der Waals surface area contributed by atoms with Crippen LogP contribution in [0.15, 0.2) is 0 Å². The van der Waals surface area contributed by atoms with Crippen molar-refractivity contribution in [3.05, 3.63) is 0 Å². The third kappa shape index (κ3) is 4.41. The van der Waals surface area contributed by atoms with Gasteiger partial charge in [0.15, 0.2) is 0 Å². The molecule has 1 saturated heterocycles. The van der Waals surface area contributed by atoms with Crippen molar-refractivity contribution in [2.75, 3.05) is 6.61 Å². The van der Waals surface area contributed by atoms with Crippen molar-refractivity contribution in [1.82, 2.24) is 5.32 Å². The van der Waals surface area contributed by atoms with Crippen LogP contribution >= 0.6 is 0 Å². The molecule has 1 aliphatic heterocycles. The Hall–Kier alpha value is -1.61. The molecule has 0 saturated carbocycles. The molecule has 0 aromatic carbocycles. The maximum absolute atomic E-state index is 11.6. The normalized spacial score (nSPS) is 20.5. The molecule has 1 aliphatic rings. The Morgan fingerprint density at radius 3 is 2.88 bits per heavy atom. The van der Waals surface area contributed by atoms with Gasteiger partial charge in [-0.25, -0.2) is 4.79 Å². The van der Waals surface area contributed by atoms with Gasteiger partial charge < -0.3 is 15.2 Å². The van der Waals surface area contributed by atoms with E-state index in [-0.39, 0.29) is 12.3 Å². The number of amides is 1. The number of carboxylic acids is 1. The van der Waals surface area contributed by atoms with Crippen molar-refractivity contribution in [2.45, 2.75) is 44.2 Å². The molecule has 1 amide bonds. The summed E-state index contributed by atoms with van der Waals surface area (Å²) >= 11 is 0. The molecule has 94 valence electrons. The van der Waals surface area contributed by atoms with E-state index in [4.69, 9.17) is 15.1 Å². The molecule has 0 aromatic rings. The summed E-state index contributed by atoms with van der Waals surface area (Å²) in [4.78, 5) is 22.5. The summed E-state index contributed by atoms with van der Waals surface area (Å²) in [5, 5.41) is 19.7. The average molecular weight is 240 g/mol.